The molecular weight excluding hydrogens is 268 g/mol. The molecule has 2 heterocycles. The van der Waals surface area contributed by atoms with Gasteiger partial charge in [-0.2, -0.15) is 0 Å². The summed E-state index contributed by atoms with van der Waals surface area (Å²) in [5, 5.41) is 4.04. The molecule has 6 heteroatoms. The highest BCUT2D eigenvalue weighted by atomic mass is 16.5. The van der Waals surface area contributed by atoms with Crippen LogP contribution in [0.25, 0.3) is 22.6 Å². The lowest BCUT2D eigenvalue weighted by Gasteiger charge is -2.05. The molecule has 0 aliphatic heterocycles. The van der Waals surface area contributed by atoms with Gasteiger partial charge in [-0.1, -0.05) is 17.3 Å². The van der Waals surface area contributed by atoms with Crippen molar-refractivity contribution in [2.45, 2.75) is 6.92 Å². The summed E-state index contributed by atoms with van der Waals surface area (Å²) in [6.07, 6.45) is 3.56. The van der Waals surface area contributed by atoms with Crippen LogP contribution < -0.4 is 10.5 Å². The zero-order chi connectivity index (χ0) is 14.8. The van der Waals surface area contributed by atoms with E-state index in [1.54, 1.807) is 6.20 Å². The van der Waals surface area contributed by atoms with Crippen molar-refractivity contribution < 1.29 is 9.26 Å². The lowest BCUT2D eigenvalue weighted by Crippen LogP contribution is -1.95. The molecule has 0 bridgehead atoms. The van der Waals surface area contributed by atoms with E-state index in [2.05, 4.69) is 10.1 Å². The Bertz CT molecular complexity index is 743. The summed E-state index contributed by atoms with van der Waals surface area (Å²) in [4.78, 5) is 4.29. The molecule has 3 aromatic rings. The second-order valence-corrected chi connectivity index (χ2v) is 4.59. The maximum absolute atomic E-state index is 5.93. The molecule has 0 unspecified atom stereocenters. The van der Waals surface area contributed by atoms with Crippen molar-refractivity contribution in [2.24, 2.45) is 7.05 Å². The van der Waals surface area contributed by atoms with Gasteiger partial charge in [0.25, 0.3) is 0 Å². The molecule has 1 aromatic carbocycles. The molecule has 21 heavy (non-hydrogen) atoms. The zero-order valence-corrected chi connectivity index (χ0v) is 11.9. The Balaban J connectivity index is 2.06. The van der Waals surface area contributed by atoms with Crippen LogP contribution >= 0.6 is 0 Å². The summed E-state index contributed by atoms with van der Waals surface area (Å²) < 4.78 is 12.5. The highest BCUT2D eigenvalue weighted by Gasteiger charge is 2.20. The molecule has 0 aliphatic rings. The number of aryl methyl sites for hydroxylation is 1. The first-order valence-electron chi connectivity index (χ1n) is 6.66. The maximum Gasteiger partial charge on any atom is 0.230 e. The van der Waals surface area contributed by atoms with Crippen LogP contribution in [0.2, 0.25) is 0 Å². The van der Waals surface area contributed by atoms with Crippen molar-refractivity contribution in [2.75, 3.05) is 12.3 Å². The Morgan fingerprint density at radius 3 is 2.67 bits per heavy atom. The summed E-state index contributed by atoms with van der Waals surface area (Å²) in [7, 11) is 1.90. The van der Waals surface area contributed by atoms with Gasteiger partial charge in [0.1, 0.15) is 5.75 Å². The summed E-state index contributed by atoms with van der Waals surface area (Å²) in [6.45, 7) is 2.58. The fraction of sp³-hybridized carbons (Fsp3) is 0.200. The number of hydrogen-bond acceptors (Lipinski definition) is 5. The largest absolute Gasteiger partial charge is 0.494 e. The van der Waals surface area contributed by atoms with E-state index in [9.17, 15) is 0 Å². The van der Waals surface area contributed by atoms with Crippen molar-refractivity contribution in [3.05, 3.63) is 36.7 Å². The predicted molar refractivity (Wildman–Crippen MR) is 79.7 cm³/mol. The minimum Gasteiger partial charge on any atom is -0.494 e. The number of hydrogen-bond donors (Lipinski definition) is 1. The highest BCUT2D eigenvalue weighted by molar-refractivity contribution is 5.85. The van der Waals surface area contributed by atoms with Gasteiger partial charge in [0.2, 0.25) is 5.88 Å². The van der Waals surface area contributed by atoms with Gasteiger partial charge in [-0.25, -0.2) is 4.98 Å². The monoisotopic (exact) mass is 284 g/mol. The first kappa shape index (κ1) is 13.2. The number of benzene rings is 1. The lowest BCUT2D eigenvalue weighted by molar-refractivity contribution is 0.340. The fourth-order valence-electron chi connectivity index (χ4n) is 2.21. The number of aromatic nitrogens is 3. The number of ether oxygens (including phenoxy) is 1. The van der Waals surface area contributed by atoms with Crippen LogP contribution in [-0.2, 0) is 7.05 Å². The number of anilines is 1. The predicted octanol–water partition coefficient (Wildman–Crippen LogP) is 2.72. The molecule has 108 valence electrons. The number of nitrogens with two attached hydrogens (primary N) is 1. The van der Waals surface area contributed by atoms with Crippen molar-refractivity contribution in [3.63, 3.8) is 0 Å². The molecular formula is C15H16N4O2. The third-order valence-corrected chi connectivity index (χ3v) is 3.21. The maximum atomic E-state index is 5.93. The number of nitrogens with zero attached hydrogens (tertiary/aromatic N) is 3. The topological polar surface area (TPSA) is 79.1 Å². The lowest BCUT2D eigenvalue weighted by atomic mass is 10.1. The van der Waals surface area contributed by atoms with E-state index in [1.165, 1.54) is 0 Å². The summed E-state index contributed by atoms with van der Waals surface area (Å²) in [6, 6.07) is 7.65. The minimum atomic E-state index is 0.275. The van der Waals surface area contributed by atoms with Crippen LogP contribution in [0.15, 0.2) is 41.2 Å². The second-order valence-electron chi connectivity index (χ2n) is 4.59. The molecule has 6 nitrogen and oxygen atoms in total. The van der Waals surface area contributed by atoms with E-state index in [4.69, 9.17) is 15.0 Å². The SMILES string of the molecule is CCOc1ccc(-c2c(-c3nccn3C)noc2N)cc1. The molecule has 2 N–H and O–H groups in total. The van der Waals surface area contributed by atoms with E-state index >= 15 is 0 Å². The van der Waals surface area contributed by atoms with E-state index in [0.717, 1.165) is 16.9 Å². The quantitative estimate of drug-likeness (QED) is 0.796. The average Bonchev–Trinajstić information content (AvgIpc) is 3.06. The number of rotatable bonds is 4. The first-order valence-corrected chi connectivity index (χ1v) is 6.66. The van der Waals surface area contributed by atoms with Crippen molar-refractivity contribution in [3.8, 4) is 28.4 Å². The van der Waals surface area contributed by atoms with Crippen LogP contribution in [0.3, 0.4) is 0 Å². The highest BCUT2D eigenvalue weighted by Crippen LogP contribution is 2.35. The van der Waals surface area contributed by atoms with Crippen LogP contribution in [0, 0.1) is 0 Å². The Morgan fingerprint density at radius 2 is 2.05 bits per heavy atom. The van der Waals surface area contributed by atoms with E-state index < -0.39 is 0 Å². The molecule has 0 atom stereocenters. The van der Waals surface area contributed by atoms with Crippen molar-refractivity contribution in [1.82, 2.24) is 14.7 Å². The van der Waals surface area contributed by atoms with Gasteiger partial charge in [0, 0.05) is 19.4 Å². The van der Waals surface area contributed by atoms with Crippen LogP contribution in [0.1, 0.15) is 6.92 Å². The van der Waals surface area contributed by atoms with E-state index in [-0.39, 0.29) is 5.88 Å². The van der Waals surface area contributed by atoms with Gasteiger partial charge in [0.05, 0.1) is 12.2 Å². The summed E-state index contributed by atoms with van der Waals surface area (Å²) in [5.41, 5.74) is 8.21. The normalized spacial score (nSPS) is 10.8. The Morgan fingerprint density at radius 1 is 1.29 bits per heavy atom. The molecule has 0 saturated carbocycles. The molecule has 0 amide bonds. The Hall–Kier alpha value is -2.76. The fourth-order valence-corrected chi connectivity index (χ4v) is 2.21. The van der Waals surface area contributed by atoms with E-state index in [1.807, 2.05) is 49.0 Å². The van der Waals surface area contributed by atoms with Crippen LogP contribution in [-0.4, -0.2) is 21.3 Å². The smallest absolute Gasteiger partial charge is 0.230 e. The Kier molecular flexibility index (Phi) is 3.35. The van der Waals surface area contributed by atoms with Gasteiger partial charge < -0.3 is 19.6 Å². The van der Waals surface area contributed by atoms with Gasteiger partial charge >= 0.3 is 0 Å². The molecule has 0 spiro atoms. The third-order valence-electron chi connectivity index (χ3n) is 3.21. The van der Waals surface area contributed by atoms with Gasteiger partial charge in [-0.05, 0) is 24.6 Å². The number of nitrogen functional groups attached to an aromatic ring is 1. The van der Waals surface area contributed by atoms with Crippen molar-refractivity contribution >= 4 is 5.88 Å². The van der Waals surface area contributed by atoms with Gasteiger partial charge in [-0.15, -0.1) is 0 Å². The van der Waals surface area contributed by atoms with Gasteiger partial charge in [0.15, 0.2) is 11.5 Å². The molecule has 0 fully saturated rings. The third kappa shape index (κ3) is 2.35. The second kappa shape index (κ2) is 5.32. The van der Waals surface area contributed by atoms with Gasteiger partial charge in [-0.3, -0.25) is 0 Å². The van der Waals surface area contributed by atoms with E-state index in [0.29, 0.717) is 18.1 Å². The molecule has 2 aromatic heterocycles. The first-order chi connectivity index (χ1) is 10.2. The minimum absolute atomic E-state index is 0.275. The standard InChI is InChI=1S/C15H16N4O2/c1-3-20-11-6-4-10(5-7-11)12-13(18-21-14(12)16)15-17-8-9-19(15)2/h4-9H,3,16H2,1-2H3. The molecule has 0 aliphatic carbocycles. The number of imidazole rings is 1. The molecule has 0 saturated heterocycles. The summed E-state index contributed by atoms with van der Waals surface area (Å²) in [5.74, 6) is 1.80. The van der Waals surface area contributed by atoms with Crippen molar-refractivity contribution in [1.29, 1.82) is 0 Å². The van der Waals surface area contributed by atoms with Crippen LogP contribution in [0.5, 0.6) is 5.75 Å². The Labute approximate surface area is 122 Å². The molecule has 3 rings (SSSR count). The summed E-state index contributed by atoms with van der Waals surface area (Å²) >= 11 is 0. The average molecular weight is 284 g/mol. The molecule has 0 radical (unpaired) electrons. The van der Waals surface area contributed by atoms with Crippen LogP contribution in [0.4, 0.5) is 5.88 Å². The zero-order valence-electron chi connectivity index (χ0n) is 11.9.